The number of hydrogen-bond acceptors (Lipinski definition) is 14. The normalized spacial score (nSPS) is 11.5. The second kappa shape index (κ2) is 16.6. The van der Waals surface area contributed by atoms with Crippen molar-refractivity contribution in [2.75, 3.05) is 10.6 Å². The predicted octanol–water partition coefficient (Wildman–Crippen LogP) is 7.19. The first-order valence-corrected chi connectivity index (χ1v) is 17.9. The molecule has 6 aromatic rings. The van der Waals surface area contributed by atoms with Crippen LogP contribution in [0.1, 0.15) is 45.6 Å². The molecule has 0 radical (unpaired) electrons. The minimum Gasteiger partial charge on any atom is -0.324 e. The topological polar surface area (TPSA) is 194 Å². The quantitative estimate of drug-likeness (QED) is 0.0288. The van der Waals surface area contributed by atoms with Crippen LogP contribution >= 0.6 is 12.0 Å². The third-order valence-corrected chi connectivity index (χ3v) is 8.98. The molecule has 0 aliphatic rings. The second-order valence-electron chi connectivity index (χ2n) is 11.4. The zero-order valence-corrected chi connectivity index (χ0v) is 29.5. The van der Waals surface area contributed by atoms with Crippen LogP contribution in [0.2, 0.25) is 0 Å². The summed E-state index contributed by atoms with van der Waals surface area (Å²) in [5.41, 5.74) is 3.78. The van der Waals surface area contributed by atoms with Crippen molar-refractivity contribution in [2.45, 2.75) is 36.5 Å². The molecule has 0 unspecified atom stereocenters. The van der Waals surface area contributed by atoms with Gasteiger partial charge in [-0.05, 0) is 60.4 Å². The van der Waals surface area contributed by atoms with Crippen molar-refractivity contribution in [3.05, 3.63) is 143 Å². The summed E-state index contributed by atoms with van der Waals surface area (Å²) < 4.78 is 39.9. The lowest BCUT2D eigenvalue weighted by Crippen LogP contribution is -2.07. The molecule has 0 bridgehead atoms. The lowest BCUT2D eigenvalue weighted by atomic mass is 10.1. The lowest BCUT2D eigenvalue weighted by molar-refractivity contribution is -0.432. The standard InChI is InChI=1S/C36H32N8O6S2/c1-23-37-33(19-25-9-5-3-6-10-25)43-35(39-23)41-29-17-15-27(31(21-29)51-50-49-45)13-14-28-16-18-30(22-32(28)52(46,47)48)42-36-40-24(2)38-34(44-36)20-26-11-7-4-8-12-26/h3-18,21-22,45H,19-20H2,1-2H3,(H,46,47,48)(H,37,39,41,43)(H,38,40,42,44)/b14-13+. The molecule has 0 amide bonds. The summed E-state index contributed by atoms with van der Waals surface area (Å²) in [6.07, 6.45) is 4.16. The van der Waals surface area contributed by atoms with Crippen molar-refractivity contribution in [1.82, 2.24) is 29.9 Å². The fourth-order valence-electron chi connectivity index (χ4n) is 5.19. The number of hydrogen-bond donors (Lipinski definition) is 4. The molecule has 0 fully saturated rings. The first-order valence-electron chi connectivity index (χ1n) is 15.7. The summed E-state index contributed by atoms with van der Waals surface area (Å²) >= 11 is 0.718. The first-order chi connectivity index (χ1) is 25.1. The summed E-state index contributed by atoms with van der Waals surface area (Å²) in [4.78, 5) is 26.8. The van der Waals surface area contributed by atoms with E-state index < -0.39 is 10.1 Å². The monoisotopic (exact) mass is 736 g/mol. The lowest BCUT2D eigenvalue weighted by Gasteiger charge is -2.11. The van der Waals surface area contributed by atoms with Crippen molar-refractivity contribution in [1.29, 1.82) is 0 Å². The van der Waals surface area contributed by atoms with Gasteiger partial charge in [-0.1, -0.05) is 90.0 Å². The molecule has 4 aromatic carbocycles. The van der Waals surface area contributed by atoms with Crippen LogP contribution in [0, 0.1) is 13.8 Å². The summed E-state index contributed by atoms with van der Waals surface area (Å²) in [7, 11) is -4.66. The molecule has 0 saturated heterocycles. The van der Waals surface area contributed by atoms with E-state index in [-0.39, 0.29) is 16.4 Å². The van der Waals surface area contributed by atoms with Crippen molar-refractivity contribution >= 4 is 57.6 Å². The van der Waals surface area contributed by atoms with Gasteiger partial charge in [0.1, 0.15) is 28.2 Å². The van der Waals surface area contributed by atoms with Gasteiger partial charge in [-0.3, -0.25) is 4.55 Å². The molecule has 0 saturated carbocycles. The maximum absolute atomic E-state index is 12.5. The minimum atomic E-state index is -4.66. The van der Waals surface area contributed by atoms with Crippen molar-refractivity contribution in [3.8, 4) is 0 Å². The molecule has 6 rings (SSSR count). The summed E-state index contributed by atoms with van der Waals surface area (Å²) in [6, 6.07) is 29.2. The van der Waals surface area contributed by atoms with E-state index in [1.165, 1.54) is 18.2 Å². The smallest absolute Gasteiger partial charge is 0.295 e. The van der Waals surface area contributed by atoms with Gasteiger partial charge >= 0.3 is 0 Å². The van der Waals surface area contributed by atoms with Crippen molar-refractivity contribution in [2.24, 2.45) is 0 Å². The Morgan fingerprint density at radius 1 is 0.673 bits per heavy atom. The fourth-order valence-corrected chi connectivity index (χ4v) is 6.41. The molecule has 0 aliphatic carbocycles. The number of anilines is 4. The Balaban J connectivity index is 1.23. The highest BCUT2D eigenvalue weighted by atomic mass is 32.2. The Kier molecular flexibility index (Phi) is 11.5. The molecule has 0 spiro atoms. The highest BCUT2D eigenvalue weighted by molar-refractivity contribution is 7.94. The molecule has 4 N–H and O–H groups in total. The minimum absolute atomic E-state index is 0.203. The number of nitrogens with one attached hydrogen (secondary N) is 2. The maximum Gasteiger partial charge on any atom is 0.295 e. The Bertz CT molecular complexity index is 2310. The van der Waals surface area contributed by atoms with Gasteiger partial charge in [0, 0.05) is 29.1 Å². The van der Waals surface area contributed by atoms with E-state index in [4.69, 9.17) is 9.59 Å². The van der Waals surface area contributed by atoms with Gasteiger partial charge in [0.05, 0.1) is 12.0 Å². The highest BCUT2D eigenvalue weighted by Gasteiger charge is 2.17. The number of nitrogens with zero attached hydrogens (tertiary/aromatic N) is 6. The van der Waals surface area contributed by atoms with E-state index in [0.29, 0.717) is 63.9 Å². The zero-order chi connectivity index (χ0) is 36.5. The molecule has 2 aromatic heterocycles. The van der Waals surface area contributed by atoms with Crippen LogP contribution in [0.15, 0.2) is 107 Å². The van der Waals surface area contributed by atoms with Gasteiger partial charge in [-0.25, -0.2) is 15.2 Å². The van der Waals surface area contributed by atoms with E-state index in [2.05, 4.69) is 45.6 Å². The number of aryl methyl sites for hydroxylation is 2. The highest BCUT2D eigenvalue weighted by Crippen LogP contribution is 2.31. The van der Waals surface area contributed by atoms with Crippen LogP contribution < -0.4 is 10.6 Å². The third kappa shape index (κ3) is 10.0. The average molecular weight is 737 g/mol. The van der Waals surface area contributed by atoms with E-state index in [1.807, 2.05) is 60.7 Å². The van der Waals surface area contributed by atoms with Gasteiger partial charge in [-0.15, -0.1) is 4.33 Å². The Morgan fingerprint density at radius 2 is 1.17 bits per heavy atom. The van der Waals surface area contributed by atoms with Crippen LogP contribution in [-0.4, -0.2) is 48.1 Å². The average Bonchev–Trinajstić information content (AvgIpc) is 3.10. The summed E-state index contributed by atoms with van der Waals surface area (Å²) in [6.45, 7) is 3.52. The van der Waals surface area contributed by atoms with Gasteiger partial charge in [-0.2, -0.15) is 28.4 Å². The molecule has 2 heterocycles. The fraction of sp³-hybridized carbons (Fsp3) is 0.111. The van der Waals surface area contributed by atoms with Crippen LogP contribution in [-0.2, 0) is 32.3 Å². The first kappa shape index (κ1) is 36.2. The van der Waals surface area contributed by atoms with E-state index in [9.17, 15) is 13.0 Å². The number of aromatic nitrogens is 6. The summed E-state index contributed by atoms with van der Waals surface area (Å²) in [5, 5.41) is 18.9. The Morgan fingerprint density at radius 3 is 1.69 bits per heavy atom. The SMILES string of the molecule is Cc1nc(Cc2ccccc2)nc(Nc2ccc(/C=C/c3ccc(Nc4nc(C)nc(Cc5ccccc5)n4)cc3S(=O)(=O)O)c(SOOO)c2)n1. The van der Waals surface area contributed by atoms with Crippen molar-refractivity contribution < 1.29 is 27.6 Å². The van der Waals surface area contributed by atoms with Crippen LogP contribution in [0.3, 0.4) is 0 Å². The van der Waals surface area contributed by atoms with E-state index in [1.54, 1.807) is 44.2 Å². The molecular formula is C36H32N8O6S2. The molecular weight excluding hydrogens is 705 g/mol. The molecule has 52 heavy (non-hydrogen) atoms. The largest absolute Gasteiger partial charge is 0.324 e. The Hall–Kier alpha value is -5.62. The van der Waals surface area contributed by atoms with Crippen LogP contribution in [0.4, 0.5) is 23.3 Å². The van der Waals surface area contributed by atoms with Crippen LogP contribution in [0.5, 0.6) is 0 Å². The van der Waals surface area contributed by atoms with Gasteiger partial charge < -0.3 is 10.6 Å². The van der Waals surface area contributed by atoms with Gasteiger partial charge in [0.15, 0.2) is 0 Å². The molecule has 264 valence electrons. The number of rotatable bonds is 14. The van der Waals surface area contributed by atoms with E-state index >= 15 is 0 Å². The van der Waals surface area contributed by atoms with Crippen molar-refractivity contribution in [3.63, 3.8) is 0 Å². The van der Waals surface area contributed by atoms with Gasteiger partial charge in [0.2, 0.25) is 11.9 Å². The molecule has 14 nitrogen and oxygen atoms in total. The van der Waals surface area contributed by atoms with Gasteiger partial charge in [0.25, 0.3) is 10.1 Å². The van der Waals surface area contributed by atoms with E-state index in [0.717, 1.165) is 23.2 Å². The molecule has 0 aliphatic heterocycles. The summed E-state index contributed by atoms with van der Waals surface area (Å²) in [5.74, 6) is 2.73. The molecule has 0 atom stereocenters. The zero-order valence-electron chi connectivity index (χ0n) is 27.8. The third-order valence-electron chi connectivity index (χ3n) is 7.41. The second-order valence-corrected chi connectivity index (χ2v) is 13.5. The predicted molar refractivity (Wildman–Crippen MR) is 196 cm³/mol. The molecule has 16 heteroatoms. The maximum atomic E-state index is 12.5. The Labute approximate surface area is 303 Å². The van der Waals surface area contributed by atoms with Crippen LogP contribution in [0.25, 0.3) is 12.2 Å². The number of benzene rings is 4.